The molecule has 2 fully saturated rings. The van der Waals surface area contributed by atoms with Crippen LogP contribution in [-0.4, -0.2) is 35.1 Å². The van der Waals surface area contributed by atoms with Crippen LogP contribution in [0.25, 0.3) is 5.57 Å². The Morgan fingerprint density at radius 2 is 1.61 bits per heavy atom. The van der Waals surface area contributed by atoms with Gasteiger partial charge in [-0.3, -0.25) is 15.0 Å². The molecule has 1 aliphatic heterocycles. The predicted molar refractivity (Wildman–Crippen MR) is 135 cm³/mol. The van der Waals surface area contributed by atoms with Crippen LogP contribution < -0.4 is 4.74 Å². The van der Waals surface area contributed by atoms with Gasteiger partial charge in [-0.2, -0.15) is 0 Å². The lowest BCUT2D eigenvalue weighted by molar-refractivity contribution is -0.386. The molecule has 0 saturated heterocycles. The Labute approximate surface area is 199 Å². The van der Waals surface area contributed by atoms with Crippen LogP contribution in [0.4, 0.5) is 5.69 Å². The van der Waals surface area contributed by atoms with E-state index in [-0.39, 0.29) is 16.7 Å². The van der Waals surface area contributed by atoms with Crippen molar-refractivity contribution in [1.82, 2.24) is 4.90 Å². The molecule has 5 heteroatoms. The van der Waals surface area contributed by atoms with Crippen molar-refractivity contribution >= 4 is 11.3 Å². The van der Waals surface area contributed by atoms with Crippen LogP contribution in [0, 0.1) is 28.9 Å². The molecule has 33 heavy (non-hydrogen) atoms. The summed E-state index contributed by atoms with van der Waals surface area (Å²) in [5.41, 5.74) is 3.58. The van der Waals surface area contributed by atoms with Crippen LogP contribution in [0.1, 0.15) is 95.6 Å². The summed E-state index contributed by atoms with van der Waals surface area (Å²) in [6.45, 7) is 5.87. The molecule has 0 aromatic heterocycles. The summed E-state index contributed by atoms with van der Waals surface area (Å²) in [5, 5.41) is 11.7. The monoisotopic (exact) mass is 454 g/mol. The largest absolute Gasteiger partial charge is 0.484 e. The summed E-state index contributed by atoms with van der Waals surface area (Å²) < 4.78 is 5.92. The van der Waals surface area contributed by atoms with Crippen molar-refractivity contribution in [2.45, 2.75) is 110 Å². The zero-order chi connectivity index (χ0) is 23.5. The highest BCUT2D eigenvalue weighted by molar-refractivity contribution is 5.73. The van der Waals surface area contributed by atoms with Gasteiger partial charge < -0.3 is 4.74 Å². The zero-order valence-electron chi connectivity index (χ0n) is 21.0. The highest BCUT2D eigenvalue weighted by atomic mass is 16.6. The van der Waals surface area contributed by atoms with Crippen LogP contribution in [0.15, 0.2) is 18.2 Å². The molecule has 2 saturated carbocycles. The van der Waals surface area contributed by atoms with Crippen LogP contribution in [0.2, 0.25) is 0 Å². The summed E-state index contributed by atoms with van der Waals surface area (Å²) in [6, 6.07) is 4.70. The maximum atomic E-state index is 11.7. The second-order valence-corrected chi connectivity index (χ2v) is 11.0. The van der Waals surface area contributed by atoms with Crippen LogP contribution >= 0.6 is 0 Å². The molecule has 2 atom stereocenters. The Hall–Kier alpha value is -1.88. The minimum Gasteiger partial charge on any atom is -0.484 e. The van der Waals surface area contributed by atoms with Crippen molar-refractivity contribution in [2.24, 2.45) is 11.8 Å². The maximum Gasteiger partial charge on any atom is 0.311 e. The molecule has 0 spiro atoms. The molecule has 0 unspecified atom stereocenters. The van der Waals surface area contributed by atoms with Crippen molar-refractivity contribution in [2.75, 3.05) is 7.05 Å². The van der Waals surface area contributed by atoms with Crippen molar-refractivity contribution in [1.29, 1.82) is 0 Å². The van der Waals surface area contributed by atoms with E-state index in [4.69, 9.17) is 4.74 Å². The van der Waals surface area contributed by atoms with E-state index in [1.807, 2.05) is 26.8 Å². The third-order valence-corrected chi connectivity index (χ3v) is 8.33. The van der Waals surface area contributed by atoms with Crippen molar-refractivity contribution in [3.8, 4) is 5.75 Å². The van der Waals surface area contributed by atoms with E-state index < -0.39 is 0 Å². The standard InChI is InChI=1S/C28H42N2O3/c1-19(2)33-28-18-24(20(3)15-27(28)30(31)32)23-16-25(21-11-7-5-8-12-21)29(4)26(17-23)22-13-9-6-10-14-22/h15-16,18-19,21-22,25-26H,5-14,17H2,1-4H3/t25-,26+/m0/s1. The molecule has 2 aliphatic carbocycles. The van der Waals surface area contributed by atoms with E-state index in [0.717, 1.165) is 29.4 Å². The van der Waals surface area contributed by atoms with E-state index in [2.05, 4.69) is 18.0 Å². The number of rotatable bonds is 6. The number of nitro benzene ring substituents is 1. The minimum absolute atomic E-state index is 0.0751. The van der Waals surface area contributed by atoms with E-state index in [1.165, 1.54) is 69.8 Å². The lowest BCUT2D eigenvalue weighted by Gasteiger charge is -2.47. The number of hydrogen-bond donors (Lipinski definition) is 0. The first-order valence-corrected chi connectivity index (χ1v) is 13.2. The quantitative estimate of drug-likeness (QED) is 0.334. The number of likely N-dealkylation sites (N-methyl/N-ethyl adjacent to an activating group) is 1. The van der Waals surface area contributed by atoms with Gasteiger partial charge in [0.2, 0.25) is 0 Å². The number of hydrogen-bond acceptors (Lipinski definition) is 4. The van der Waals surface area contributed by atoms with E-state index in [0.29, 0.717) is 17.8 Å². The molecule has 4 rings (SSSR count). The zero-order valence-corrected chi connectivity index (χ0v) is 21.0. The lowest BCUT2D eigenvalue weighted by atomic mass is 9.74. The van der Waals surface area contributed by atoms with Gasteiger partial charge in [-0.15, -0.1) is 0 Å². The third-order valence-electron chi connectivity index (χ3n) is 8.33. The summed E-state index contributed by atoms with van der Waals surface area (Å²) in [7, 11) is 2.36. The van der Waals surface area contributed by atoms with Gasteiger partial charge in [0.1, 0.15) is 0 Å². The minimum atomic E-state index is -0.312. The highest BCUT2D eigenvalue weighted by Gasteiger charge is 2.38. The molecular weight excluding hydrogens is 412 g/mol. The topological polar surface area (TPSA) is 55.6 Å². The Kier molecular flexibility index (Phi) is 7.78. The summed E-state index contributed by atoms with van der Waals surface area (Å²) in [4.78, 5) is 14.1. The third kappa shape index (κ3) is 5.45. The fourth-order valence-corrected chi connectivity index (χ4v) is 6.65. The maximum absolute atomic E-state index is 11.7. The van der Waals surface area contributed by atoms with Crippen molar-refractivity contribution in [3.05, 3.63) is 39.4 Å². The molecular formula is C28H42N2O3. The molecule has 0 bridgehead atoms. The van der Waals surface area contributed by atoms with Crippen LogP contribution in [-0.2, 0) is 0 Å². The molecule has 0 amide bonds. The molecule has 0 radical (unpaired) electrons. The molecule has 1 aromatic rings. The van der Waals surface area contributed by atoms with Gasteiger partial charge in [-0.25, -0.2) is 0 Å². The molecule has 5 nitrogen and oxygen atoms in total. The molecule has 1 heterocycles. The van der Waals surface area contributed by atoms with Gasteiger partial charge in [0.15, 0.2) is 5.75 Å². The van der Waals surface area contributed by atoms with Gasteiger partial charge in [-0.05, 0) is 94.5 Å². The molecule has 0 N–H and O–H groups in total. The van der Waals surface area contributed by atoms with Gasteiger partial charge >= 0.3 is 5.69 Å². The summed E-state index contributed by atoms with van der Waals surface area (Å²) in [6.07, 6.45) is 16.9. The normalized spacial score (nSPS) is 25.8. The first kappa shape index (κ1) is 24.3. The second kappa shape index (κ2) is 10.6. The van der Waals surface area contributed by atoms with Crippen LogP contribution in [0.5, 0.6) is 5.75 Å². The van der Waals surface area contributed by atoms with Crippen molar-refractivity contribution in [3.63, 3.8) is 0 Å². The molecule has 182 valence electrons. The van der Waals surface area contributed by atoms with Gasteiger partial charge in [0.25, 0.3) is 0 Å². The number of aryl methyl sites for hydroxylation is 1. The Morgan fingerprint density at radius 3 is 2.18 bits per heavy atom. The van der Waals surface area contributed by atoms with E-state index >= 15 is 0 Å². The van der Waals surface area contributed by atoms with Gasteiger partial charge in [-0.1, -0.05) is 44.6 Å². The number of nitro groups is 1. The average Bonchev–Trinajstić information content (AvgIpc) is 2.81. The number of benzene rings is 1. The summed E-state index contributed by atoms with van der Waals surface area (Å²) >= 11 is 0. The van der Waals surface area contributed by atoms with Crippen molar-refractivity contribution < 1.29 is 9.66 Å². The van der Waals surface area contributed by atoms with Gasteiger partial charge in [0.05, 0.1) is 11.0 Å². The van der Waals surface area contributed by atoms with Gasteiger partial charge in [0, 0.05) is 18.2 Å². The lowest BCUT2D eigenvalue weighted by Crippen LogP contribution is -2.50. The fraction of sp³-hybridized carbons (Fsp3) is 0.714. The Bertz CT molecular complexity index is 866. The SMILES string of the molecule is Cc1cc([N+](=O)[O-])c(OC(C)C)cc1C1=C[C@@H](C2CCCCC2)N(C)[C@@H](C2CCCCC2)C1. The first-order chi connectivity index (χ1) is 15.8. The number of nitrogens with zero attached hydrogens (tertiary/aromatic N) is 2. The van der Waals surface area contributed by atoms with E-state index in [1.54, 1.807) is 6.07 Å². The molecule has 1 aromatic carbocycles. The first-order valence-electron chi connectivity index (χ1n) is 13.2. The second-order valence-electron chi connectivity index (χ2n) is 11.0. The Morgan fingerprint density at radius 1 is 1.00 bits per heavy atom. The average molecular weight is 455 g/mol. The fourth-order valence-electron chi connectivity index (χ4n) is 6.65. The summed E-state index contributed by atoms with van der Waals surface area (Å²) in [5.74, 6) is 1.87. The smallest absolute Gasteiger partial charge is 0.311 e. The predicted octanol–water partition coefficient (Wildman–Crippen LogP) is 7.31. The molecule has 3 aliphatic rings. The van der Waals surface area contributed by atoms with E-state index in [9.17, 15) is 10.1 Å². The number of ether oxygens (including phenoxy) is 1. The van der Waals surface area contributed by atoms with Crippen LogP contribution in [0.3, 0.4) is 0 Å². The Balaban J connectivity index is 1.74. The highest BCUT2D eigenvalue weighted by Crippen LogP contribution is 2.43.